The van der Waals surface area contributed by atoms with E-state index in [1.165, 1.54) is 6.92 Å². The number of furan rings is 1. The third kappa shape index (κ3) is 3.84. The van der Waals surface area contributed by atoms with Gasteiger partial charge in [-0.15, -0.1) is 0 Å². The molecule has 3 N–H and O–H groups in total. The minimum Gasteiger partial charge on any atom is -0.456 e. The van der Waals surface area contributed by atoms with Gasteiger partial charge in [-0.05, 0) is 25.8 Å². The van der Waals surface area contributed by atoms with Crippen molar-refractivity contribution in [2.75, 3.05) is 13.1 Å². The molecule has 2 heterocycles. The number of hydrogen-bond acceptors (Lipinski definition) is 4. The van der Waals surface area contributed by atoms with E-state index in [0.717, 1.165) is 11.0 Å². The number of primary amides is 1. The zero-order valence-corrected chi connectivity index (χ0v) is 12.4. The fraction of sp³-hybridized carbons (Fsp3) is 0.571. The minimum absolute atomic E-state index is 0.0370. The second kappa shape index (κ2) is 5.88. The van der Waals surface area contributed by atoms with E-state index in [9.17, 15) is 27.9 Å². The normalized spacial score (nSPS) is 22.2. The highest BCUT2D eigenvalue weighted by Gasteiger charge is 2.43. The minimum atomic E-state index is -4.79. The lowest BCUT2D eigenvalue weighted by Gasteiger charge is -2.38. The Morgan fingerprint density at radius 3 is 2.70 bits per heavy atom. The van der Waals surface area contributed by atoms with E-state index < -0.39 is 34.9 Å². The van der Waals surface area contributed by atoms with Crippen LogP contribution in [-0.2, 0) is 11.0 Å². The van der Waals surface area contributed by atoms with Crippen LogP contribution in [0.2, 0.25) is 0 Å². The summed E-state index contributed by atoms with van der Waals surface area (Å²) in [4.78, 5) is 24.5. The summed E-state index contributed by atoms with van der Waals surface area (Å²) in [7, 11) is 0. The average Bonchev–Trinajstić information content (AvgIpc) is 2.78. The van der Waals surface area contributed by atoms with Crippen molar-refractivity contribution in [1.82, 2.24) is 4.90 Å². The highest BCUT2D eigenvalue weighted by Crippen LogP contribution is 2.35. The van der Waals surface area contributed by atoms with Gasteiger partial charge in [-0.1, -0.05) is 0 Å². The standard InChI is InChI=1S/C14H17F3N2O4/c1-8-5-9(11(23-8)14(15,16)17)12(21)19-4-2-3-13(22,7-19)6-10(18)20/h5,22H,2-4,6-7H2,1H3,(H2,18,20). The fourth-order valence-corrected chi connectivity index (χ4v) is 2.81. The van der Waals surface area contributed by atoms with Crippen molar-refractivity contribution >= 4 is 11.8 Å². The lowest BCUT2D eigenvalue weighted by atomic mass is 9.89. The van der Waals surface area contributed by atoms with Crippen LogP contribution in [0.15, 0.2) is 10.5 Å². The summed E-state index contributed by atoms with van der Waals surface area (Å²) in [6.45, 7) is 1.24. The predicted octanol–water partition coefficient (Wildman–Crippen LogP) is 1.45. The first kappa shape index (κ1) is 17.3. The quantitative estimate of drug-likeness (QED) is 0.874. The van der Waals surface area contributed by atoms with Gasteiger partial charge in [0.2, 0.25) is 11.7 Å². The van der Waals surface area contributed by atoms with Crippen molar-refractivity contribution in [3.05, 3.63) is 23.2 Å². The van der Waals surface area contributed by atoms with E-state index in [1.54, 1.807) is 0 Å². The van der Waals surface area contributed by atoms with Gasteiger partial charge in [0, 0.05) is 6.54 Å². The Balaban J connectivity index is 2.26. The fourth-order valence-electron chi connectivity index (χ4n) is 2.81. The molecule has 1 aromatic heterocycles. The molecule has 0 aliphatic carbocycles. The molecular formula is C14H17F3N2O4. The van der Waals surface area contributed by atoms with Crippen LogP contribution >= 0.6 is 0 Å². The smallest absolute Gasteiger partial charge is 0.450 e. The summed E-state index contributed by atoms with van der Waals surface area (Å²) in [6.07, 6.45) is -4.55. The Morgan fingerprint density at radius 2 is 2.13 bits per heavy atom. The molecule has 0 spiro atoms. The summed E-state index contributed by atoms with van der Waals surface area (Å²) in [5.41, 5.74) is 2.94. The first-order chi connectivity index (χ1) is 10.5. The Hall–Kier alpha value is -2.03. The highest BCUT2D eigenvalue weighted by molar-refractivity contribution is 5.95. The number of aliphatic hydroxyl groups is 1. The maximum Gasteiger partial charge on any atom is 0.450 e. The number of carbonyl (C=O) groups excluding carboxylic acids is 2. The van der Waals surface area contributed by atoms with Crippen molar-refractivity contribution in [2.24, 2.45) is 5.73 Å². The van der Waals surface area contributed by atoms with Gasteiger partial charge in [-0.25, -0.2) is 0 Å². The molecule has 1 fully saturated rings. The number of piperidine rings is 1. The second-order valence-electron chi connectivity index (χ2n) is 5.80. The number of nitrogens with zero attached hydrogens (tertiary/aromatic N) is 1. The lowest BCUT2D eigenvalue weighted by Crippen LogP contribution is -2.52. The molecule has 23 heavy (non-hydrogen) atoms. The number of carbonyl (C=O) groups is 2. The monoisotopic (exact) mass is 334 g/mol. The molecule has 0 radical (unpaired) electrons. The number of hydrogen-bond donors (Lipinski definition) is 2. The van der Waals surface area contributed by atoms with Crippen LogP contribution in [-0.4, -0.2) is 40.5 Å². The van der Waals surface area contributed by atoms with E-state index in [2.05, 4.69) is 4.42 Å². The number of alkyl halides is 3. The van der Waals surface area contributed by atoms with Crippen LogP contribution in [0.5, 0.6) is 0 Å². The SMILES string of the molecule is Cc1cc(C(=O)N2CCCC(O)(CC(N)=O)C2)c(C(F)(F)F)o1. The Labute approximate surface area is 130 Å². The molecule has 9 heteroatoms. The van der Waals surface area contributed by atoms with E-state index in [1.807, 2.05) is 0 Å². The Kier molecular flexibility index (Phi) is 4.43. The second-order valence-corrected chi connectivity index (χ2v) is 5.80. The zero-order chi connectivity index (χ0) is 17.4. The summed E-state index contributed by atoms with van der Waals surface area (Å²) in [5.74, 6) is -3.03. The molecule has 1 unspecified atom stereocenters. The van der Waals surface area contributed by atoms with Crippen molar-refractivity contribution in [3.63, 3.8) is 0 Å². The number of rotatable bonds is 3. The molecule has 1 aliphatic heterocycles. The zero-order valence-electron chi connectivity index (χ0n) is 12.4. The summed E-state index contributed by atoms with van der Waals surface area (Å²) in [5, 5.41) is 10.3. The molecule has 1 saturated heterocycles. The molecule has 6 nitrogen and oxygen atoms in total. The van der Waals surface area contributed by atoms with Crippen LogP contribution in [0.3, 0.4) is 0 Å². The van der Waals surface area contributed by atoms with Crippen molar-refractivity contribution in [2.45, 2.75) is 38.0 Å². The van der Waals surface area contributed by atoms with Gasteiger partial charge in [0.25, 0.3) is 5.91 Å². The molecule has 2 rings (SSSR count). The third-order valence-electron chi connectivity index (χ3n) is 3.69. The number of halogens is 3. The van der Waals surface area contributed by atoms with Gasteiger partial charge < -0.3 is 20.2 Å². The van der Waals surface area contributed by atoms with Gasteiger partial charge in [0.15, 0.2) is 0 Å². The van der Waals surface area contributed by atoms with Crippen LogP contribution in [0, 0.1) is 6.92 Å². The number of β-amino-alcohol motifs (C(OH)–C–C–N with tert-alkyl or cyclic N) is 1. The summed E-state index contributed by atoms with van der Waals surface area (Å²) < 4.78 is 43.4. The highest BCUT2D eigenvalue weighted by atomic mass is 19.4. The van der Waals surface area contributed by atoms with E-state index in [-0.39, 0.29) is 31.7 Å². The average molecular weight is 334 g/mol. The summed E-state index contributed by atoms with van der Waals surface area (Å²) >= 11 is 0. The van der Waals surface area contributed by atoms with Gasteiger partial charge >= 0.3 is 6.18 Å². The molecule has 2 amide bonds. The van der Waals surface area contributed by atoms with Gasteiger partial charge in [-0.2, -0.15) is 13.2 Å². The lowest BCUT2D eigenvalue weighted by molar-refractivity contribution is -0.153. The maximum absolute atomic E-state index is 12.9. The molecule has 128 valence electrons. The number of likely N-dealkylation sites (tertiary alicyclic amines) is 1. The molecular weight excluding hydrogens is 317 g/mol. The van der Waals surface area contributed by atoms with Gasteiger partial charge in [0.1, 0.15) is 5.76 Å². The van der Waals surface area contributed by atoms with Crippen LogP contribution in [0.4, 0.5) is 13.2 Å². The largest absolute Gasteiger partial charge is 0.456 e. The van der Waals surface area contributed by atoms with E-state index >= 15 is 0 Å². The summed E-state index contributed by atoms with van der Waals surface area (Å²) in [6, 6.07) is 1.02. The Bertz CT molecular complexity index is 626. The molecule has 0 aromatic carbocycles. The van der Waals surface area contributed by atoms with Crippen molar-refractivity contribution < 1.29 is 32.3 Å². The molecule has 1 aliphatic rings. The number of amides is 2. The maximum atomic E-state index is 12.9. The molecule has 0 bridgehead atoms. The Morgan fingerprint density at radius 1 is 1.48 bits per heavy atom. The van der Waals surface area contributed by atoms with E-state index in [4.69, 9.17) is 5.73 Å². The molecule has 1 aromatic rings. The van der Waals surface area contributed by atoms with Gasteiger partial charge in [0.05, 0.1) is 24.1 Å². The topological polar surface area (TPSA) is 96.8 Å². The van der Waals surface area contributed by atoms with Gasteiger partial charge in [-0.3, -0.25) is 9.59 Å². The predicted molar refractivity (Wildman–Crippen MR) is 72.3 cm³/mol. The van der Waals surface area contributed by atoms with Crippen LogP contribution < -0.4 is 5.73 Å². The van der Waals surface area contributed by atoms with Crippen LogP contribution in [0.1, 0.15) is 41.1 Å². The van der Waals surface area contributed by atoms with E-state index in [0.29, 0.717) is 6.42 Å². The first-order valence-electron chi connectivity index (χ1n) is 6.99. The number of aryl methyl sites for hydroxylation is 1. The van der Waals surface area contributed by atoms with Crippen molar-refractivity contribution in [3.8, 4) is 0 Å². The first-order valence-corrected chi connectivity index (χ1v) is 6.99. The molecule has 0 saturated carbocycles. The van der Waals surface area contributed by atoms with Crippen LogP contribution in [0.25, 0.3) is 0 Å². The van der Waals surface area contributed by atoms with Crippen molar-refractivity contribution in [1.29, 1.82) is 0 Å². The molecule has 1 atom stereocenters. The third-order valence-corrected chi connectivity index (χ3v) is 3.69. The number of nitrogens with two attached hydrogens (primary N) is 1.